The predicted octanol–water partition coefficient (Wildman–Crippen LogP) is -1.76. The van der Waals surface area contributed by atoms with E-state index in [9.17, 15) is 15.3 Å². The number of aliphatic hydroxyl groups excluding tert-OH is 4. The highest BCUT2D eigenvalue weighted by Gasteiger charge is 2.46. The molecule has 1 saturated heterocycles. The summed E-state index contributed by atoms with van der Waals surface area (Å²) < 4.78 is 10.4. The van der Waals surface area contributed by atoms with Crippen LogP contribution in [0.4, 0.5) is 0 Å². The van der Waals surface area contributed by atoms with E-state index in [1.807, 2.05) is 13.8 Å². The summed E-state index contributed by atoms with van der Waals surface area (Å²) in [7, 11) is 0. The van der Waals surface area contributed by atoms with Gasteiger partial charge in [0.05, 0.1) is 12.6 Å². The topological polar surface area (TPSA) is 155 Å². The minimum atomic E-state index is -1.48. The standard InChI is InChI=1S/C12H21N3O6/c1-4(2)6(13)12-14-11(15-21-12)10-9(19)8(18)7(17)5(3-16)20-10/h4-10,16-19H,3,13H2,1-2H3/t5-,6+,7-,8+,9-,10-/m1/s1. The van der Waals surface area contributed by atoms with Crippen molar-refractivity contribution in [1.29, 1.82) is 0 Å². The summed E-state index contributed by atoms with van der Waals surface area (Å²) in [6, 6.07) is -0.462. The SMILES string of the molecule is CC(C)[C@H](N)c1nc([C@@H]2O[C@H](CO)[C@@H](O)[C@H](O)[C@H]2O)no1. The van der Waals surface area contributed by atoms with Crippen molar-refractivity contribution in [2.75, 3.05) is 6.61 Å². The highest BCUT2D eigenvalue weighted by atomic mass is 16.5. The van der Waals surface area contributed by atoms with Crippen LogP contribution in [0.3, 0.4) is 0 Å². The molecule has 0 unspecified atom stereocenters. The third kappa shape index (κ3) is 3.07. The van der Waals surface area contributed by atoms with Crippen LogP contribution in [0.15, 0.2) is 4.52 Å². The van der Waals surface area contributed by atoms with Gasteiger partial charge in [0.25, 0.3) is 0 Å². The Balaban J connectivity index is 2.20. The molecule has 0 spiro atoms. The first-order valence-electron chi connectivity index (χ1n) is 6.76. The molecule has 1 aromatic rings. The van der Waals surface area contributed by atoms with Crippen LogP contribution in [-0.4, -0.2) is 61.6 Å². The minimum absolute atomic E-state index is 0.0120. The Kier molecular flexibility index (Phi) is 4.91. The molecule has 0 saturated carbocycles. The first-order chi connectivity index (χ1) is 9.86. The van der Waals surface area contributed by atoms with Gasteiger partial charge >= 0.3 is 0 Å². The van der Waals surface area contributed by atoms with Crippen molar-refractivity contribution in [1.82, 2.24) is 10.1 Å². The van der Waals surface area contributed by atoms with Gasteiger partial charge in [0.15, 0.2) is 0 Å². The molecule has 1 aliphatic heterocycles. The van der Waals surface area contributed by atoms with Gasteiger partial charge in [-0.15, -0.1) is 0 Å². The van der Waals surface area contributed by atoms with Gasteiger partial charge in [-0.1, -0.05) is 19.0 Å². The molecule has 21 heavy (non-hydrogen) atoms. The molecule has 1 aromatic heterocycles. The first-order valence-corrected chi connectivity index (χ1v) is 6.76. The van der Waals surface area contributed by atoms with Crippen molar-refractivity contribution in [2.24, 2.45) is 11.7 Å². The highest BCUT2D eigenvalue weighted by molar-refractivity contribution is 5.03. The molecule has 1 fully saturated rings. The van der Waals surface area contributed by atoms with Crippen molar-refractivity contribution < 1.29 is 29.7 Å². The molecule has 2 heterocycles. The number of aliphatic hydroxyl groups is 4. The number of rotatable bonds is 4. The summed E-state index contributed by atoms with van der Waals surface area (Å²) >= 11 is 0. The van der Waals surface area contributed by atoms with E-state index in [2.05, 4.69) is 10.1 Å². The Morgan fingerprint density at radius 3 is 2.43 bits per heavy atom. The van der Waals surface area contributed by atoms with E-state index in [-0.39, 0.29) is 17.6 Å². The zero-order chi connectivity index (χ0) is 15.7. The van der Waals surface area contributed by atoms with Gasteiger partial charge in [-0.2, -0.15) is 4.98 Å². The quantitative estimate of drug-likeness (QED) is 0.435. The third-order valence-electron chi connectivity index (χ3n) is 3.61. The zero-order valence-corrected chi connectivity index (χ0v) is 11.8. The van der Waals surface area contributed by atoms with E-state index in [0.29, 0.717) is 0 Å². The number of aromatic nitrogens is 2. The van der Waals surface area contributed by atoms with Crippen molar-refractivity contribution in [3.8, 4) is 0 Å². The monoisotopic (exact) mass is 303 g/mol. The summed E-state index contributed by atoms with van der Waals surface area (Å²) in [4.78, 5) is 4.07. The summed E-state index contributed by atoms with van der Waals surface area (Å²) in [5, 5.41) is 42.2. The van der Waals surface area contributed by atoms with E-state index < -0.39 is 43.2 Å². The molecule has 120 valence electrons. The van der Waals surface area contributed by atoms with E-state index >= 15 is 0 Å². The molecule has 0 aliphatic carbocycles. The maximum Gasteiger partial charge on any atom is 0.243 e. The lowest BCUT2D eigenvalue weighted by atomic mass is 9.95. The minimum Gasteiger partial charge on any atom is -0.394 e. The maximum absolute atomic E-state index is 9.96. The van der Waals surface area contributed by atoms with Crippen molar-refractivity contribution in [3.05, 3.63) is 11.7 Å². The van der Waals surface area contributed by atoms with Gasteiger partial charge < -0.3 is 35.4 Å². The highest BCUT2D eigenvalue weighted by Crippen LogP contribution is 2.31. The van der Waals surface area contributed by atoms with Crippen LogP contribution in [0.1, 0.15) is 37.7 Å². The van der Waals surface area contributed by atoms with Gasteiger partial charge in [0, 0.05) is 0 Å². The molecule has 1 aliphatic rings. The first kappa shape index (κ1) is 16.3. The molecular formula is C12H21N3O6. The lowest BCUT2D eigenvalue weighted by Crippen LogP contribution is -2.55. The lowest BCUT2D eigenvalue weighted by molar-refractivity contribution is -0.233. The average Bonchev–Trinajstić information content (AvgIpc) is 2.93. The van der Waals surface area contributed by atoms with Crippen LogP contribution < -0.4 is 5.73 Å². The lowest BCUT2D eigenvalue weighted by Gasteiger charge is -2.38. The van der Waals surface area contributed by atoms with Gasteiger partial charge in [-0.05, 0) is 5.92 Å². The van der Waals surface area contributed by atoms with Crippen LogP contribution in [-0.2, 0) is 4.74 Å². The Labute approximate surface area is 121 Å². The normalized spacial score (nSPS) is 35.1. The van der Waals surface area contributed by atoms with E-state index in [1.165, 1.54) is 0 Å². The summed E-state index contributed by atoms with van der Waals surface area (Å²) in [6.07, 6.45) is -6.48. The van der Waals surface area contributed by atoms with Crippen molar-refractivity contribution in [3.63, 3.8) is 0 Å². The maximum atomic E-state index is 9.96. The average molecular weight is 303 g/mol. The van der Waals surface area contributed by atoms with Crippen molar-refractivity contribution >= 4 is 0 Å². The smallest absolute Gasteiger partial charge is 0.243 e. The second-order valence-electron chi connectivity index (χ2n) is 5.51. The number of hydrogen-bond donors (Lipinski definition) is 5. The van der Waals surface area contributed by atoms with Crippen LogP contribution >= 0.6 is 0 Å². The second kappa shape index (κ2) is 6.34. The Bertz CT molecular complexity index is 466. The van der Waals surface area contributed by atoms with E-state index in [4.69, 9.17) is 20.1 Å². The van der Waals surface area contributed by atoms with Crippen LogP contribution in [0.25, 0.3) is 0 Å². The molecule has 0 bridgehead atoms. The number of nitrogens with two attached hydrogens (primary N) is 1. The van der Waals surface area contributed by atoms with Crippen LogP contribution in [0.2, 0.25) is 0 Å². The molecule has 0 radical (unpaired) electrons. The third-order valence-corrected chi connectivity index (χ3v) is 3.61. The fraction of sp³-hybridized carbons (Fsp3) is 0.833. The summed E-state index contributed by atoms with van der Waals surface area (Å²) in [5.41, 5.74) is 5.89. The van der Waals surface area contributed by atoms with Gasteiger partial charge in [-0.3, -0.25) is 0 Å². The number of nitrogens with zero attached hydrogens (tertiary/aromatic N) is 2. The Morgan fingerprint density at radius 1 is 1.19 bits per heavy atom. The molecule has 9 nitrogen and oxygen atoms in total. The molecule has 0 aromatic carbocycles. The molecular weight excluding hydrogens is 282 g/mol. The largest absolute Gasteiger partial charge is 0.394 e. The molecule has 0 amide bonds. The molecule has 9 heteroatoms. The van der Waals surface area contributed by atoms with Gasteiger partial charge in [-0.25, -0.2) is 0 Å². The second-order valence-corrected chi connectivity index (χ2v) is 5.51. The van der Waals surface area contributed by atoms with Gasteiger partial charge in [0.1, 0.15) is 30.5 Å². The molecule has 2 rings (SSSR count). The molecule has 6 atom stereocenters. The van der Waals surface area contributed by atoms with E-state index in [1.54, 1.807) is 0 Å². The van der Waals surface area contributed by atoms with Gasteiger partial charge in [0.2, 0.25) is 11.7 Å². The van der Waals surface area contributed by atoms with Crippen LogP contribution in [0.5, 0.6) is 0 Å². The predicted molar refractivity (Wildman–Crippen MR) is 68.8 cm³/mol. The fourth-order valence-electron chi connectivity index (χ4n) is 2.10. The molecule has 6 N–H and O–H groups in total. The van der Waals surface area contributed by atoms with E-state index in [0.717, 1.165) is 0 Å². The summed E-state index contributed by atoms with van der Waals surface area (Å²) in [5.74, 6) is 0.281. The number of hydrogen-bond acceptors (Lipinski definition) is 9. The Morgan fingerprint density at radius 2 is 1.86 bits per heavy atom. The Hall–Kier alpha value is -1.10. The van der Waals surface area contributed by atoms with Crippen LogP contribution in [0, 0.1) is 5.92 Å². The zero-order valence-electron chi connectivity index (χ0n) is 11.8. The van der Waals surface area contributed by atoms with Crippen molar-refractivity contribution in [2.45, 2.75) is 50.4 Å². The number of ether oxygens (including phenoxy) is 1. The summed E-state index contributed by atoms with van der Waals surface area (Å²) in [6.45, 7) is 3.27. The fourth-order valence-corrected chi connectivity index (χ4v) is 2.10.